The fourth-order valence-corrected chi connectivity index (χ4v) is 2.44. The SMILES string of the molecule is CC(C)COc1ccc(C(=O)NNC(=S)NC(=O)c2cc([N+](=O)[O-])cc([N+](=O)[O-])c2)cc1. The third-order valence-corrected chi connectivity index (χ3v) is 4.01. The van der Waals surface area contributed by atoms with E-state index >= 15 is 0 Å². The zero-order valence-electron chi connectivity index (χ0n) is 17.0. The Kier molecular flexibility index (Phi) is 8.12. The Morgan fingerprint density at radius 2 is 1.50 bits per heavy atom. The quantitative estimate of drug-likeness (QED) is 0.319. The average molecular weight is 461 g/mol. The summed E-state index contributed by atoms with van der Waals surface area (Å²) in [5, 5.41) is 23.7. The van der Waals surface area contributed by atoms with Gasteiger partial charge >= 0.3 is 0 Å². The summed E-state index contributed by atoms with van der Waals surface area (Å²) in [5.74, 6) is -0.526. The van der Waals surface area contributed by atoms with Crippen LogP contribution in [0, 0.1) is 26.1 Å². The molecule has 2 amide bonds. The number of nitro groups is 2. The first-order chi connectivity index (χ1) is 15.1. The first-order valence-corrected chi connectivity index (χ1v) is 9.56. The Morgan fingerprint density at radius 1 is 0.938 bits per heavy atom. The molecule has 0 saturated carbocycles. The maximum absolute atomic E-state index is 12.3. The molecule has 2 rings (SSSR count). The predicted octanol–water partition coefficient (Wildman–Crippen LogP) is 2.49. The number of non-ortho nitro benzene ring substituents is 2. The van der Waals surface area contributed by atoms with Gasteiger partial charge in [-0.1, -0.05) is 13.8 Å². The number of nitro benzene ring substituents is 2. The minimum absolute atomic E-state index is 0.290. The molecular formula is C19H19N5O7S. The van der Waals surface area contributed by atoms with Gasteiger partial charge in [0.2, 0.25) is 0 Å². The standard InChI is InChI=1S/C19H19N5O7S/c1-11(2)10-31-16-5-3-12(4-6-16)18(26)21-22-19(32)20-17(25)13-7-14(23(27)28)9-15(8-13)24(29)30/h3-9,11H,10H2,1-2H3,(H,21,26)(H2,20,22,25,32). The van der Waals surface area contributed by atoms with Crippen molar-refractivity contribution in [3.05, 3.63) is 73.8 Å². The van der Waals surface area contributed by atoms with Crippen molar-refractivity contribution in [3.8, 4) is 5.75 Å². The molecule has 3 N–H and O–H groups in total. The van der Waals surface area contributed by atoms with Crippen LogP contribution in [0.3, 0.4) is 0 Å². The molecule has 0 saturated heterocycles. The molecule has 0 aliphatic rings. The molecule has 2 aromatic carbocycles. The second-order valence-electron chi connectivity index (χ2n) is 6.84. The molecule has 0 aliphatic carbocycles. The summed E-state index contributed by atoms with van der Waals surface area (Å²) >= 11 is 4.90. The molecule has 0 radical (unpaired) electrons. The molecule has 0 heterocycles. The number of hydrogen-bond acceptors (Lipinski definition) is 8. The lowest BCUT2D eigenvalue weighted by atomic mass is 10.1. The Hall–Kier alpha value is -4.13. The molecule has 13 heteroatoms. The van der Waals surface area contributed by atoms with Gasteiger partial charge in [0.15, 0.2) is 5.11 Å². The van der Waals surface area contributed by atoms with Crippen LogP contribution in [-0.4, -0.2) is 33.4 Å². The molecule has 168 valence electrons. The fraction of sp³-hybridized carbons (Fsp3) is 0.211. The molecule has 0 fully saturated rings. The molecule has 0 aromatic heterocycles. The number of thiocarbonyl (C=S) groups is 1. The number of carbonyl (C=O) groups is 2. The number of ether oxygens (including phenoxy) is 1. The number of rotatable bonds is 7. The summed E-state index contributed by atoms with van der Waals surface area (Å²) in [6.07, 6.45) is 0. The van der Waals surface area contributed by atoms with Crippen molar-refractivity contribution in [2.75, 3.05) is 6.61 Å². The van der Waals surface area contributed by atoms with E-state index < -0.39 is 33.0 Å². The van der Waals surface area contributed by atoms with Crippen LogP contribution >= 0.6 is 12.2 Å². The van der Waals surface area contributed by atoms with E-state index in [-0.39, 0.29) is 16.2 Å². The van der Waals surface area contributed by atoms with Gasteiger partial charge in [-0.15, -0.1) is 0 Å². The highest BCUT2D eigenvalue weighted by molar-refractivity contribution is 7.80. The summed E-state index contributed by atoms with van der Waals surface area (Å²) in [4.78, 5) is 44.6. The summed E-state index contributed by atoms with van der Waals surface area (Å²) < 4.78 is 5.53. The van der Waals surface area contributed by atoms with Gasteiger partial charge in [-0.2, -0.15) is 0 Å². The van der Waals surface area contributed by atoms with Gasteiger partial charge < -0.3 is 4.74 Å². The minimum atomic E-state index is -0.935. The van der Waals surface area contributed by atoms with E-state index in [0.717, 1.165) is 18.2 Å². The van der Waals surface area contributed by atoms with Gasteiger partial charge in [0.05, 0.1) is 28.1 Å². The zero-order chi connectivity index (χ0) is 23.8. The van der Waals surface area contributed by atoms with Gasteiger partial charge in [0.25, 0.3) is 23.2 Å². The highest BCUT2D eigenvalue weighted by Crippen LogP contribution is 2.22. The van der Waals surface area contributed by atoms with E-state index in [0.29, 0.717) is 18.3 Å². The van der Waals surface area contributed by atoms with Gasteiger partial charge in [0.1, 0.15) is 5.75 Å². The molecule has 0 unspecified atom stereocenters. The number of benzene rings is 2. The smallest absolute Gasteiger partial charge is 0.277 e. The lowest BCUT2D eigenvalue weighted by Crippen LogP contribution is -2.48. The number of carbonyl (C=O) groups excluding carboxylic acids is 2. The minimum Gasteiger partial charge on any atom is -0.493 e. The van der Waals surface area contributed by atoms with Crippen LogP contribution in [0.25, 0.3) is 0 Å². The van der Waals surface area contributed by atoms with Crippen LogP contribution in [0.2, 0.25) is 0 Å². The number of nitrogens with one attached hydrogen (secondary N) is 3. The van der Waals surface area contributed by atoms with Crippen LogP contribution in [-0.2, 0) is 0 Å². The van der Waals surface area contributed by atoms with Crippen LogP contribution in [0.5, 0.6) is 5.75 Å². The molecule has 0 aliphatic heterocycles. The first kappa shape index (κ1) is 24.1. The van der Waals surface area contributed by atoms with Crippen LogP contribution < -0.4 is 20.9 Å². The Morgan fingerprint density at radius 3 is 2.00 bits per heavy atom. The molecule has 32 heavy (non-hydrogen) atoms. The normalized spacial score (nSPS) is 10.2. The zero-order valence-corrected chi connectivity index (χ0v) is 17.8. The third-order valence-electron chi connectivity index (χ3n) is 3.80. The summed E-state index contributed by atoms with van der Waals surface area (Å²) in [7, 11) is 0. The van der Waals surface area contributed by atoms with Crippen molar-refractivity contribution in [1.82, 2.24) is 16.2 Å². The van der Waals surface area contributed by atoms with Crippen LogP contribution in [0.4, 0.5) is 11.4 Å². The number of hydrogen-bond donors (Lipinski definition) is 3. The van der Waals surface area contributed by atoms with Crippen molar-refractivity contribution in [1.29, 1.82) is 0 Å². The molecule has 12 nitrogen and oxygen atoms in total. The van der Waals surface area contributed by atoms with Gasteiger partial charge in [-0.25, -0.2) is 0 Å². The van der Waals surface area contributed by atoms with Gasteiger partial charge in [-0.3, -0.25) is 46.0 Å². The fourth-order valence-electron chi connectivity index (χ4n) is 2.29. The number of amides is 2. The maximum Gasteiger partial charge on any atom is 0.277 e. The van der Waals surface area contributed by atoms with Crippen molar-refractivity contribution < 1.29 is 24.2 Å². The lowest BCUT2D eigenvalue weighted by molar-refractivity contribution is -0.394. The Balaban J connectivity index is 1.95. The van der Waals surface area contributed by atoms with E-state index in [4.69, 9.17) is 17.0 Å². The molecule has 0 atom stereocenters. The Bertz CT molecular complexity index is 1020. The Labute approximate surface area is 187 Å². The number of nitrogens with zero attached hydrogens (tertiary/aromatic N) is 2. The van der Waals surface area contributed by atoms with Crippen molar-refractivity contribution in [3.63, 3.8) is 0 Å². The van der Waals surface area contributed by atoms with E-state index in [9.17, 15) is 29.8 Å². The van der Waals surface area contributed by atoms with E-state index in [1.807, 2.05) is 13.8 Å². The predicted molar refractivity (Wildman–Crippen MR) is 117 cm³/mol. The first-order valence-electron chi connectivity index (χ1n) is 9.15. The van der Waals surface area contributed by atoms with Crippen molar-refractivity contribution in [2.24, 2.45) is 5.92 Å². The van der Waals surface area contributed by atoms with Gasteiger partial charge in [-0.05, 0) is 42.4 Å². The third kappa shape index (κ3) is 6.98. The highest BCUT2D eigenvalue weighted by atomic mass is 32.1. The maximum atomic E-state index is 12.3. The largest absolute Gasteiger partial charge is 0.493 e. The molecular weight excluding hydrogens is 442 g/mol. The van der Waals surface area contributed by atoms with Gasteiger partial charge in [0, 0.05) is 17.7 Å². The van der Waals surface area contributed by atoms with Crippen LogP contribution in [0.15, 0.2) is 42.5 Å². The topological polar surface area (TPSA) is 166 Å². The van der Waals surface area contributed by atoms with E-state index in [1.165, 1.54) is 12.1 Å². The highest BCUT2D eigenvalue weighted by Gasteiger charge is 2.20. The lowest BCUT2D eigenvalue weighted by Gasteiger charge is -2.12. The monoisotopic (exact) mass is 461 g/mol. The summed E-state index contributed by atoms with van der Waals surface area (Å²) in [6, 6.07) is 8.80. The molecule has 2 aromatic rings. The van der Waals surface area contributed by atoms with Crippen LogP contribution in [0.1, 0.15) is 34.6 Å². The second-order valence-corrected chi connectivity index (χ2v) is 7.25. The van der Waals surface area contributed by atoms with E-state index in [1.54, 1.807) is 12.1 Å². The summed E-state index contributed by atoms with van der Waals surface area (Å²) in [5.41, 5.74) is 3.28. The van der Waals surface area contributed by atoms with E-state index in [2.05, 4.69) is 16.2 Å². The summed E-state index contributed by atoms with van der Waals surface area (Å²) in [6.45, 7) is 4.56. The number of hydrazine groups is 1. The molecule has 0 bridgehead atoms. The average Bonchev–Trinajstić information content (AvgIpc) is 2.75. The second kappa shape index (κ2) is 10.8. The van der Waals surface area contributed by atoms with Crippen molar-refractivity contribution >= 4 is 40.5 Å². The molecule has 0 spiro atoms. The van der Waals surface area contributed by atoms with Crippen molar-refractivity contribution in [2.45, 2.75) is 13.8 Å².